The molecule has 0 aliphatic heterocycles. The molecule has 0 aliphatic carbocycles. The minimum Gasteiger partial charge on any atom is -0.258 e. The van der Waals surface area contributed by atoms with E-state index in [4.69, 9.17) is 46.4 Å². The van der Waals surface area contributed by atoms with Gasteiger partial charge in [-0.05, 0) is 0 Å². The zero-order chi connectivity index (χ0) is 12.2. The molecule has 0 saturated heterocycles. The molecule has 0 radical (unpaired) electrons. The number of hydrogen-bond acceptors (Lipinski definition) is 3. The van der Waals surface area contributed by atoms with Crippen molar-refractivity contribution < 1.29 is 4.92 Å². The van der Waals surface area contributed by atoms with Gasteiger partial charge in [0.25, 0.3) is 0 Å². The van der Waals surface area contributed by atoms with Gasteiger partial charge in [0.15, 0.2) is 9.40 Å². The molecule has 0 spiro atoms. The second kappa shape index (κ2) is 6.86. The molecule has 0 rings (SSSR count). The quantitative estimate of drug-likeness (QED) is 0.429. The molecule has 86 valence electrons. The fraction of sp³-hybridized carbons (Fsp3) is 0.429. The van der Waals surface area contributed by atoms with Crippen molar-refractivity contribution >= 4 is 58.2 Å². The lowest BCUT2D eigenvalue weighted by Gasteiger charge is -2.04. The first-order chi connectivity index (χ1) is 6.77. The van der Waals surface area contributed by atoms with Crippen molar-refractivity contribution in [3.63, 3.8) is 0 Å². The summed E-state index contributed by atoms with van der Waals surface area (Å²) in [6.45, 7) is 3.68. The Morgan fingerprint density at radius 1 is 1.27 bits per heavy atom. The average Bonchev–Trinajstić information content (AvgIpc) is 2.01. The summed E-state index contributed by atoms with van der Waals surface area (Å²) in [6, 6.07) is 0. The van der Waals surface area contributed by atoms with E-state index in [2.05, 4.69) is 0 Å². The Bertz CT molecular complexity index is 323. The highest BCUT2D eigenvalue weighted by atomic mass is 35.5. The van der Waals surface area contributed by atoms with Gasteiger partial charge in [-0.1, -0.05) is 60.3 Å². The van der Waals surface area contributed by atoms with E-state index in [1.165, 1.54) is 0 Å². The highest BCUT2D eigenvalue weighted by Crippen LogP contribution is 2.35. The monoisotopic (exact) mass is 309 g/mol. The van der Waals surface area contributed by atoms with Crippen LogP contribution in [-0.4, -0.2) is 10.2 Å². The first-order valence-corrected chi connectivity index (χ1v) is 6.08. The van der Waals surface area contributed by atoms with Gasteiger partial charge in [0.1, 0.15) is 4.49 Å². The van der Waals surface area contributed by atoms with Crippen molar-refractivity contribution in [2.45, 2.75) is 19.1 Å². The first kappa shape index (κ1) is 15.4. The fourth-order valence-electron chi connectivity index (χ4n) is 0.590. The van der Waals surface area contributed by atoms with E-state index < -0.39 is 10.6 Å². The summed E-state index contributed by atoms with van der Waals surface area (Å²) in [5.41, 5.74) is -0.475. The topological polar surface area (TPSA) is 43.1 Å². The van der Waals surface area contributed by atoms with Crippen LogP contribution in [0.5, 0.6) is 0 Å². The Morgan fingerprint density at radius 2 is 1.73 bits per heavy atom. The Kier molecular flexibility index (Phi) is 7.04. The highest BCUT2D eigenvalue weighted by Gasteiger charge is 2.24. The van der Waals surface area contributed by atoms with Gasteiger partial charge in [0.05, 0.1) is 4.92 Å². The Hall–Kier alpha value is 0.390. The summed E-state index contributed by atoms with van der Waals surface area (Å²) in [4.78, 5) is 9.96. The zero-order valence-electron chi connectivity index (χ0n) is 7.76. The van der Waals surface area contributed by atoms with Crippen LogP contribution in [0.15, 0.2) is 19.6 Å². The zero-order valence-corrected chi connectivity index (χ0v) is 11.6. The van der Waals surface area contributed by atoms with E-state index >= 15 is 0 Å². The summed E-state index contributed by atoms with van der Waals surface area (Å²) in [7, 11) is 0. The molecule has 3 nitrogen and oxygen atoms in total. The summed E-state index contributed by atoms with van der Waals surface area (Å²) < 4.78 is -0.426. The van der Waals surface area contributed by atoms with E-state index in [0.717, 1.165) is 11.8 Å². The lowest BCUT2D eigenvalue weighted by Crippen LogP contribution is -2.02. The maximum Gasteiger partial charge on any atom is 0.315 e. The summed E-state index contributed by atoms with van der Waals surface area (Å²) in [5.74, 6) is 0. The lowest BCUT2D eigenvalue weighted by molar-refractivity contribution is -0.419. The van der Waals surface area contributed by atoms with Gasteiger partial charge >= 0.3 is 5.70 Å². The number of thioether (sulfide) groups is 1. The minimum atomic E-state index is -0.717. The fourth-order valence-corrected chi connectivity index (χ4v) is 2.44. The molecule has 0 saturated carbocycles. The maximum absolute atomic E-state index is 10.7. The Balaban J connectivity index is 5.31. The van der Waals surface area contributed by atoms with Gasteiger partial charge in [0, 0.05) is 5.25 Å². The SMILES string of the molecule is CC(C)S/C(Cl)=C(\C(Cl)=C(Cl)Cl)[N+](=O)[O-]. The Morgan fingerprint density at radius 3 is 2.00 bits per heavy atom. The third-order valence-corrected chi connectivity index (χ3v) is 3.34. The van der Waals surface area contributed by atoms with Crippen molar-refractivity contribution in [3.8, 4) is 0 Å². The molecule has 15 heavy (non-hydrogen) atoms. The summed E-state index contributed by atoms with van der Waals surface area (Å²) >= 11 is 23.1. The predicted molar refractivity (Wildman–Crippen MR) is 67.2 cm³/mol. The number of halogens is 4. The standard InChI is InChI=1S/C7H7Cl4NO2S/c1-3(2)15-7(11)5(12(13)14)4(8)6(9)10/h3H,1-2H3/b7-5+. The number of hydrogen-bond donors (Lipinski definition) is 0. The largest absolute Gasteiger partial charge is 0.315 e. The van der Waals surface area contributed by atoms with Crippen LogP contribution in [0.25, 0.3) is 0 Å². The average molecular weight is 311 g/mol. The van der Waals surface area contributed by atoms with Gasteiger partial charge in [0.2, 0.25) is 0 Å². The van der Waals surface area contributed by atoms with E-state index in [0.29, 0.717) is 0 Å². The molecule has 0 heterocycles. The van der Waals surface area contributed by atoms with Crippen molar-refractivity contribution in [1.29, 1.82) is 0 Å². The predicted octanol–water partition coefficient (Wildman–Crippen LogP) is 4.70. The van der Waals surface area contributed by atoms with Gasteiger partial charge < -0.3 is 0 Å². The molecule has 0 aromatic heterocycles. The number of nitrogens with zero attached hydrogens (tertiary/aromatic N) is 1. The third-order valence-electron chi connectivity index (χ3n) is 1.08. The molecule has 0 aromatic carbocycles. The van der Waals surface area contributed by atoms with Crippen LogP contribution >= 0.6 is 58.2 Å². The lowest BCUT2D eigenvalue weighted by atomic mass is 10.5. The molecule has 0 aromatic rings. The Labute approximate surface area is 112 Å². The van der Waals surface area contributed by atoms with E-state index in [-0.39, 0.29) is 19.1 Å². The second-order valence-corrected chi connectivity index (χ2v) is 6.14. The smallest absolute Gasteiger partial charge is 0.258 e. The van der Waals surface area contributed by atoms with Gasteiger partial charge in [-0.2, -0.15) is 0 Å². The number of rotatable bonds is 4. The molecule has 0 atom stereocenters. The summed E-state index contributed by atoms with van der Waals surface area (Å²) in [5, 5.41) is 10.4. The van der Waals surface area contributed by atoms with Gasteiger partial charge in [-0.15, -0.1) is 11.8 Å². The molecule has 0 amide bonds. The highest BCUT2D eigenvalue weighted by molar-refractivity contribution is 8.05. The van der Waals surface area contributed by atoms with Crippen LogP contribution in [-0.2, 0) is 0 Å². The number of allylic oxidation sites excluding steroid dienone is 1. The normalized spacial score (nSPS) is 12.5. The van der Waals surface area contributed by atoms with E-state index in [1.54, 1.807) is 0 Å². The summed E-state index contributed by atoms with van der Waals surface area (Å²) in [6.07, 6.45) is 0. The molecule has 0 bridgehead atoms. The molecule has 0 aliphatic rings. The van der Waals surface area contributed by atoms with Crippen LogP contribution in [0.3, 0.4) is 0 Å². The maximum atomic E-state index is 10.7. The molecular formula is C7H7Cl4NO2S. The van der Waals surface area contributed by atoms with Crippen molar-refractivity contribution in [2.75, 3.05) is 0 Å². The molecular weight excluding hydrogens is 304 g/mol. The van der Waals surface area contributed by atoms with Gasteiger partial charge in [-0.25, -0.2) is 0 Å². The minimum absolute atomic E-state index is 0.0428. The van der Waals surface area contributed by atoms with Crippen LogP contribution in [0.1, 0.15) is 13.8 Å². The second-order valence-electron chi connectivity index (χ2n) is 2.62. The van der Waals surface area contributed by atoms with E-state index in [1.807, 2.05) is 13.8 Å². The molecule has 8 heteroatoms. The van der Waals surface area contributed by atoms with E-state index in [9.17, 15) is 10.1 Å². The first-order valence-electron chi connectivity index (χ1n) is 3.69. The number of nitro groups is 1. The van der Waals surface area contributed by atoms with Crippen molar-refractivity contribution in [1.82, 2.24) is 0 Å². The molecule has 0 N–H and O–H groups in total. The third kappa shape index (κ3) is 5.31. The van der Waals surface area contributed by atoms with Gasteiger partial charge in [-0.3, -0.25) is 10.1 Å². The van der Waals surface area contributed by atoms with Crippen LogP contribution in [0.2, 0.25) is 0 Å². The van der Waals surface area contributed by atoms with Crippen molar-refractivity contribution in [3.05, 3.63) is 29.7 Å². The van der Waals surface area contributed by atoms with Crippen LogP contribution in [0.4, 0.5) is 0 Å². The van der Waals surface area contributed by atoms with Crippen molar-refractivity contribution in [2.24, 2.45) is 0 Å². The van der Waals surface area contributed by atoms with Crippen LogP contribution in [0, 0.1) is 10.1 Å². The van der Waals surface area contributed by atoms with Crippen LogP contribution < -0.4 is 0 Å². The molecule has 0 fully saturated rings. The molecule has 0 unspecified atom stereocenters.